The predicted molar refractivity (Wildman–Crippen MR) is 114 cm³/mol. The van der Waals surface area contributed by atoms with Crippen molar-refractivity contribution in [1.29, 1.82) is 0 Å². The van der Waals surface area contributed by atoms with Crippen molar-refractivity contribution in [3.63, 3.8) is 0 Å². The van der Waals surface area contributed by atoms with Gasteiger partial charge >= 0.3 is 6.18 Å². The van der Waals surface area contributed by atoms with Crippen molar-refractivity contribution in [2.24, 2.45) is 11.5 Å². The molecule has 3 rings (SSSR count). The summed E-state index contributed by atoms with van der Waals surface area (Å²) < 4.78 is 48.8. The van der Waals surface area contributed by atoms with Gasteiger partial charge in [0.1, 0.15) is 23.3 Å². The largest absolute Gasteiger partial charge is 0.457 e. The lowest BCUT2D eigenvalue weighted by Crippen LogP contribution is -2.58. The molecule has 0 spiro atoms. The number of nitrogens with two attached hydrogens (primary N) is 2. The van der Waals surface area contributed by atoms with E-state index < -0.39 is 36.1 Å². The number of aliphatic hydroxyl groups excluding tert-OH is 2. The number of halogens is 3. The van der Waals surface area contributed by atoms with Crippen LogP contribution < -0.4 is 20.9 Å². The molecule has 0 saturated carbocycles. The van der Waals surface area contributed by atoms with E-state index in [1.165, 1.54) is 36.4 Å². The first-order chi connectivity index (χ1) is 16.4. The van der Waals surface area contributed by atoms with E-state index in [-0.39, 0.29) is 35.2 Å². The first-order valence-electron chi connectivity index (χ1n) is 9.83. The topological polar surface area (TPSA) is 171 Å². The second-order valence-electron chi connectivity index (χ2n) is 7.20. The molecule has 0 aliphatic rings. The smallest absolute Gasteiger partial charge is 0.416 e. The standard InChI is InChI=1S/C22H19F3N4O6/c23-22(24,25)13-3-7-15(8-4-13)34-14-5-1-12(2-6-14)20-28-16(19(26)33)9-18(29-20)35-21(27,11-31)17(32)10-30/h1-9,11,17,30,32H,10,27H2,(H2,26,33)/t17?,21-/m1/s1. The van der Waals surface area contributed by atoms with Crippen LogP contribution >= 0.6 is 0 Å². The first kappa shape index (κ1) is 25.6. The molecule has 1 unspecified atom stereocenters. The predicted octanol–water partition coefficient (Wildman–Crippen LogP) is 1.64. The number of benzene rings is 2. The minimum atomic E-state index is -4.46. The first-order valence-corrected chi connectivity index (χ1v) is 9.83. The molecule has 2 aromatic carbocycles. The maximum absolute atomic E-state index is 12.7. The Morgan fingerprint density at radius 1 is 1.06 bits per heavy atom. The normalized spacial score (nSPS) is 14.0. The number of aliphatic hydroxyl groups is 2. The van der Waals surface area contributed by atoms with Crippen LogP contribution in [0.2, 0.25) is 0 Å². The maximum Gasteiger partial charge on any atom is 0.416 e. The van der Waals surface area contributed by atoms with Crippen LogP contribution in [0.1, 0.15) is 16.1 Å². The highest BCUT2D eigenvalue weighted by molar-refractivity contribution is 5.91. The fraction of sp³-hybridized carbons (Fsp3) is 0.182. The van der Waals surface area contributed by atoms with E-state index in [2.05, 4.69) is 9.97 Å². The molecule has 13 heteroatoms. The van der Waals surface area contributed by atoms with Crippen LogP contribution in [0.25, 0.3) is 11.4 Å². The summed E-state index contributed by atoms with van der Waals surface area (Å²) in [5.41, 5.74) is 7.84. The third-order valence-corrected chi connectivity index (χ3v) is 4.64. The van der Waals surface area contributed by atoms with Crippen molar-refractivity contribution >= 4 is 12.2 Å². The summed E-state index contributed by atoms with van der Waals surface area (Å²) in [6, 6.07) is 11.0. The number of alkyl halides is 3. The molecular formula is C22H19F3N4O6. The summed E-state index contributed by atoms with van der Waals surface area (Å²) in [6.07, 6.45) is -6.20. The second kappa shape index (κ2) is 10.0. The zero-order valence-electron chi connectivity index (χ0n) is 17.8. The minimum Gasteiger partial charge on any atom is -0.457 e. The molecule has 0 aliphatic heterocycles. The zero-order chi connectivity index (χ0) is 25.8. The summed E-state index contributed by atoms with van der Waals surface area (Å²) in [5.74, 6) is -0.940. The van der Waals surface area contributed by atoms with Gasteiger partial charge in [-0.25, -0.2) is 4.98 Å². The number of carbonyl (C=O) groups is 2. The highest BCUT2D eigenvalue weighted by Crippen LogP contribution is 2.32. The Morgan fingerprint density at radius 3 is 2.11 bits per heavy atom. The highest BCUT2D eigenvalue weighted by atomic mass is 19.4. The van der Waals surface area contributed by atoms with Crippen molar-refractivity contribution in [2.45, 2.75) is 18.0 Å². The molecule has 0 saturated heterocycles. The van der Waals surface area contributed by atoms with Crippen molar-refractivity contribution < 1.29 is 42.4 Å². The van der Waals surface area contributed by atoms with Gasteiger partial charge in [0, 0.05) is 11.6 Å². The van der Waals surface area contributed by atoms with Gasteiger partial charge in [-0.2, -0.15) is 18.2 Å². The molecule has 1 aromatic heterocycles. The monoisotopic (exact) mass is 492 g/mol. The number of hydrogen-bond donors (Lipinski definition) is 4. The van der Waals surface area contributed by atoms with E-state index in [4.69, 9.17) is 26.0 Å². The van der Waals surface area contributed by atoms with Crippen molar-refractivity contribution in [3.05, 3.63) is 65.9 Å². The van der Waals surface area contributed by atoms with Crippen LogP contribution in [-0.2, 0) is 11.0 Å². The van der Waals surface area contributed by atoms with Gasteiger partial charge in [-0.1, -0.05) is 0 Å². The second-order valence-corrected chi connectivity index (χ2v) is 7.20. The molecule has 0 fully saturated rings. The molecule has 1 amide bonds. The van der Waals surface area contributed by atoms with Gasteiger partial charge in [0.2, 0.25) is 11.6 Å². The number of ether oxygens (including phenoxy) is 2. The van der Waals surface area contributed by atoms with Crippen molar-refractivity contribution in [1.82, 2.24) is 9.97 Å². The van der Waals surface area contributed by atoms with Crippen molar-refractivity contribution in [2.75, 3.05) is 6.61 Å². The van der Waals surface area contributed by atoms with Crippen LogP contribution in [0.4, 0.5) is 13.2 Å². The number of hydrogen-bond acceptors (Lipinski definition) is 9. The fourth-order valence-corrected chi connectivity index (χ4v) is 2.75. The third kappa shape index (κ3) is 6.09. The summed E-state index contributed by atoms with van der Waals surface area (Å²) in [4.78, 5) is 31.1. The Morgan fingerprint density at radius 2 is 1.63 bits per heavy atom. The minimum absolute atomic E-state index is 0.0625. The lowest BCUT2D eigenvalue weighted by atomic mass is 10.1. The van der Waals surface area contributed by atoms with Crippen LogP contribution in [0.3, 0.4) is 0 Å². The molecule has 1 heterocycles. The summed E-state index contributed by atoms with van der Waals surface area (Å²) >= 11 is 0. The Kier molecular flexibility index (Phi) is 7.34. The Hall–Kier alpha value is -4.07. The molecule has 2 atom stereocenters. The summed E-state index contributed by atoms with van der Waals surface area (Å²) in [5, 5.41) is 18.9. The zero-order valence-corrected chi connectivity index (χ0v) is 17.8. The maximum atomic E-state index is 12.7. The number of nitrogens with zero attached hydrogens (tertiary/aromatic N) is 2. The fourth-order valence-electron chi connectivity index (χ4n) is 2.75. The number of carbonyl (C=O) groups excluding carboxylic acids is 2. The number of aromatic nitrogens is 2. The lowest BCUT2D eigenvalue weighted by molar-refractivity contribution is -0.137. The van der Waals surface area contributed by atoms with E-state index in [9.17, 15) is 27.9 Å². The van der Waals surface area contributed by atoms with Gasteiger partial charge in [-0.3, -0.25) is 15.3 Å². The van der Waals surface area contributed by atoms with Crippen molar-refractivity contribution in [3.8, 4) is 28.8 Å². The van der Waals surface area contributed by atoms with E-state index >= 15 is 0 Å². The Labute approximate surface area is 195 Å². The van der Waals surface area contributed by atoms with Gasteiger partial charge in [0.25, 0.3) is 5.91 Å². The SMILES string of the molecule is NC(=O)c1cc(O[C@](N)(C=O)C(O)CO)nc(-c2ccc(Oc3ccc(C(F)(F)F)cc3)cc2)n1. The Balaban J connectivity index is 1.86. The molecule has 3 aromatic rings. The van der Waals surface area contributed by atoms with Crippen LogP contribution in [-0.4, -0.2) is 50.8 Å². The van der Waals surface area contributed by atoms with E-state index in [0.717, 1.165) is 18.2 Å². The molecule has 35 heavy (non-hydrogen) atoms. The van der Waals surface area contributed by atoms with E-state index in [1.54, 1.807) is 0 Å². The average Bonchev–Trinajstić information content (AvgIpc) is 2.83. The van der Waals surface area contributed by atoms with Gasteiger partial charge in [-0.15, -0.1) is 0 Å². The molecule has 0 radical (unpaired) electrons. The van der Waals surface area contributed by atoms with Crippen LogP contribution in [0, 0.1) is 0 Å². The Bertz CT molecular complexity index is 1210. The number of rotatable bonds is 9. The molecule has 6 N–H and O–H groups in total. The van der Waals surface area contributed by atoms with E-state index in [0.29, 0.717) is 5.56 Å². The molecular weight excluding hydrogens is 473 g/mol. The highest BCUT2D eigenvalue weighted by Gasteiger charge is 2.37. The van der Waals surface area contributed by atoms with Gasteiger partial charge < -0.3 is 25.4 Å². The molecule has 0 bridgehead atoms. The van der Waals surface area contributed by atoms with Gasteiger partial charge in [0.05, 0.1) is 12.2 Å². The third-order valence-electron chi connectivity index (χ3n) is 4.64. The number of primary amides is 1. The average molecular weight is 492 g/mol. The van der Waals surface area contributed by atoms with Gasteiger partial charge in [-0.05, 0) is 48.5 Å². The molecule has 184 valence electrons. The molecule has 10 nitrogen and oxygen atoms in total. The van der Waals surface area contributed by atoms with Crippen LogP contribution in [0.15, 0.2) is 54.6 Å². The lowest BCUT2D eigenvalue weighted by Gasteiger charge is -2.27. The van der Waals surface area contributed by atoms with Crippen LogP contribution in [0.5, 0.6) is 17.4 Å². The summed E-state index contributed by atoms with van der Waals surface area (Å²) in [6.45, 7) is -0.893. The van der Waals surface area contributed by atoms with E-state index in [1.807, 2.05) is 0 Å². The molecule has 0 aliphatic carbocycles. The quantitative estimate of drug-likeness (QED) is 0.256. The number of aldehydes is 1. The summed E-state index contributed by atoms with van der Waals surface area (Å²) in [7, 11) is 0. The van der Waals surface area contributed by atoms with Gasteiger partial charge in [0.15, 0.2) is 12.1 Å². The number of amides is 1.